The molecule has 7 heteroatoms. The SMILES string of the molecule is CCN1C(=S)NC(c2ccc(NC(=O)/C=C/c3ccccc3)cc2)C(C(=O)OC(C)C)=C1C. The molecule has 0 aliphatic carbocycles. The lowest BCUT2D eigenvalue weighted by Crippen LogP contribution is -2.47. The van der Waals surface area contributed by atoms with Gasteiger partial charge in [-0.05, 0) is 69.2 Å². The predicted octanol–water partition coefficient (Wildman–Crippen LogP) is 4.82. The van der Waals surface area contributed by atoms with Gasteiger partial charge in [-0.3, -0.25) is 4.79 Å². The van der Waals surface area contributed by atoms with E-state index in [4.69, 9.17) is 17.0 Å². The van der Waals surface area contributed by atoms with E-state index in [0.717, 1.165) is 16.8 Å². The monoisotopic (exact) mass is 463 g/mol. The summed E-state index contributed by atoms with van der Waals surface area (Å²) in [5, 5.41) is 6.68. The van der Waals surface area contributed by atoms with Crippen LogP contribution in [0.4, 0.5) is 5.69 Å². The van der Waals surface area contributed by atoms with Crippen LogP contribution in [0.5, 0.6) is 0 Å². The molecule has 0 aromatic heterocycles. The Labute approximate surface area is 200 Å². The number of anilines is 1. The predicted molar refractivity (Wildman–Crippen MR) is 135 cm³/mol. The first kappa shape index (κ1) is 24.2. The fraction of sp³-hybridized carbons (Fsp3) is 0.269. The molecule has 3 rings (SSSR count). The lowest BCUT2D eigenvalue weighted by molar-refractivity contribution is -0.143. The minimum atomic E-state index is -0.436. The Morgan fingerprint density at radius 1 is 1.15 bits per heavy atom. The molecule has 1 aliphatic heterocycles. The zero-order chi connectivity index (χ0) is 24.0. The highest BCUT2D eigenvalue weighted by molar-refractivity contribution is 7.80. The van der Waals surface area contributed by atoms with Crippen molar-refractivity contribution in [2.45, 2.75) is 39.8 Å². The van der Waals surface area contributed by atoms with Gasteiger partial charge in [0.05, 0.1) is 17.7 Å². The highest BCUT2D eigenvalue weighted by Gasteiger charge is 2.34. The van der Waals surface area contributed by atoms with Crippen LogP contribution in [-0.4, -0.2) is 34.5 Å². The van der Waals surface area contributed by atoms with E-state index >= 15 is 0 Å². The molecule has 0 radical (unpaired) electrons. The fourth-order valence-electron chi connectivity index (χ4n) is 3.63. The Morgan fingerprint density at radius 3 is 2.42 bits per heavy atom. The number of benzene rings is 2. The first-order chi connectivity index (χ1) is 15.8. The number of ether oxygens (including phenoxy) is 1. The second-order valence-corrected chi connectivity index (χ2v) is 8.32. The lowest BCUT2D eigenvalue weighted by atomic mass is 9.94. The number of carbonyl (C=O) groups is 2. The first-order valence-electron chi connectivity index (χ1n) is 10.9. The molecule has 1 unspecified atom stereocenters. The van der Waals surface area contributed by atoms with E-state index in [1.807, 2.05) is 75.1 Å². The number of hydrogen-bond acceptors (Lipinski definition) is 4. The lowest BCUT2D eigenvalue weighted by Gasteiger charge is -2.37. The van der Waals surface area contributed by atoms with Crippen LogP contribution in [0.2, 0.25) is 0 Å². The number of carbonyl (C=O) groups excluding carboxylic acids is 2. The normalized spacial score (nSPS) is 16.2. The van der Waals surface area contributed by atoms with E-state index in [2.05, 4.69) is 10.6 Å². The van der Waals surface area contributed by atoms with E-state index in [1.165, 1.54) is 6.08 Å². The minimum Gasteiger partial charge on any atom is -0.459 e. The molecule has 0 spiro atoms. The fourth-order valence-corrected chi connectivity index (χ4v) is 4.02. The topological polar surface area (TPSA) is 70.7 Å². The first-order valence-corrected chi connectivity index (χ1v) is 11.3. The van der Waals surface area contributed by atoms with E-state index < -0.39 is 6.04 Å². The highest BCUT2D eigenvalue weighted by atomic mass is 32.1. The van der Waals surface area contributed by atoms with E-state index in [9.17, 15) is 9.59 Å². The standard InChI is InChI=1S/C26H29N3O3S/c1-5-29-18(4)23(25(31)32-17(2)3)24(28-26(29)33)20-12-14-21(15-13-20)27-22(30)16-11-19-9-7-6-8-10-19/h6-17,24H,5H2,1-4H3,(H,27,30)(H,28,33)/b16-11+. The van der Waals surface area contributed by atoms with Crippen LogP contribution >= 0.6 is 12.2 Å². The van der Waals surface area contributed by atoms with Crippen molar-refractivity contribution in [2.75, 3.05) is 11.9 Å². The van der Waals surface area contributed by atoms with Gasteiger partial charge < -0.3 is 20.3 Å². The summed E-state index contributed by atoms with van der Waals surface area (Å²) in [6.45, 7) is 8.15. The van der Waals surface area contributed by atoms with Gasteiger partial charge in [-0.1, -0.05) is 42.5 Å². The third-order valence-electron chi connectivity index (χ3n) is 5.21. The van der Waals surface area contributed by atoms with E-state index in [1.54, 1.807) is 18.2 Å². The molecule has 1 amide bonds. The van der Waals surface area contributed by atoms with Gasteiger partial charge in [0.15, 0.2) is 5.11 Å². The molecule has 0 fully saturated rings. The summed E-state index contributed by atoms with van der Waals surface area (Å²) in [6, 6.07) is 16.5. The molecule has 0 saturated carbocycles. The van der Waals surface area contributed by atoms with Crippen molar-refractivity contribution in [3.63, 3.8) is 0 Å². The highest BCUT2D eigenvalue weighted by Crippen LogP contribution is 2.32. The summed E-state index contributed by atoms with van der Waals surface area (Å²) in [4.78, 5) is 27.1. The maximum absolute atomic E-state index is 12.9. The third kappa shape index (κ3) is 6.08. The maximum Gasteiger partial charge on any atom is 0.338 e. The van der Waals surface area contributed by atoms with Gasteiger partial charge in [-0.2, -0.15) is 0 Å². The number of nitrogens with one attached hydrogen (secondary N) is 2. The Hall–Kier alpha value is -3.45. The molecular weight excluding hydrogens is 434 g/mol. The number of allylic oxidation sites excluding steroid dienone is 1. The Bertz CT molecular complexity index is 1080. The van der Waals surface area contributed by atoms with Crippen LogP contribution in [0.1, 0.15) is 44.9 Å². The average molecular weight is 464 g/mol. The molecule has 2 aromatic carbocycles. The largest absolute Gasteiger partial charge is 0.459 e. The van der Waals surface area contributed by atoms with Crippen LogP contribution in [0.3, 0.4) is 0 Å². The Morgan fingerprint density at radius 2 is 1.82 bits per heavy atom. The van der Waals surface area contributed by atoms with Crippen molar-refractivity contribution in [1.29, 1.82) is 0 Å². The number of esters is 1. The van der Waals surface area contributed by atoms with Gasteiger partial charge in [0.2, 0.25) is 5.91 Å². The summed E-state index contributed by atoms with van der Waals surface area (Å²) >= 11 is 5.52. The number of nitrogens with zero attached hydrogens (tertiary/aromatic N) is 1. The van der Waals surface area contributed by atoms with Gasteiger partial charge in [0.25, 0.3) is 0 Å². The summed E-state index contributed by atoms with van der Waals surface area (Å²) < 4.78 is 5.51. The zero-order valence-electron chi connectivity index (χ0n) is 19.3. The summed E-state index contributed by atoms with van der Waals surface area (Å²) in [5.74, 6) is -0.594. The van der Waals surface area contributed by atoms with Gasteiger partial charge in [-0.15, -0.1) is 0 Å². The maximum atomic E-state index is 12.9. The number of amides is 1. The molecular formula is C26H29N3O3S. The van der Waals surface area contributed by atoms with E-state index in [-0.39, 0.29) is 18.0 Å². The molecule has 2 N–H and O–H groups in total. The van der Waals surface area contributed by atoms with Gasteiger partial charge in [0.1, 0.15) is 0 Å². The second-order valence-electron chi connectivity index (χ2n) is 7.94. The molecule has 6 nitrogen and oxygen atoms in total. The van der Waals surface area contributed by atoms with Gasteiger partial charge in [-0.25, -0.2) is 4.79 Å². The molecule has 1 aliphatic rings. The van der Waals surface area contributed by atoms with Gasteiger partial charge >= 0.3 is 5.97 Å². The molecule has 172 valence electrons. The molecule has 2 aromatic rings. The molecule has 1 heterocycles. The molecule has 0 bridgehead atoms. The van der Waals surface area contributed by atoms with Crippen LogP contribution < -0.4 is 10.6 Å². The van der Waals surface area contributed by atoms with E-state index in [0.29, 0.717) is 22.9 Å². The Kier molecular flexibility index (Phi) is 8.01. The van der Waals surface area contributed by atoms with Gasteiger partial charge in [0, 0.05) is 24.0 Å². The smallest absolute Gasteiger partial charge is 0.338 e. The van der Waals surface area contributed by atoms with Crippen LogP contribution in [0, 0.1) is 0 Å². The third-order valence-corrected chi connectivity index (χ3v) is 5.55. The van der Waals surface area contributed by atoms with Crippen LogP contribution in [0.25, 0.3) is 6.08 Å². The minimum absolute atomic E-state index is 0.223. The van der Waals surface area contributed by atoms with Crippen molar-refractivity contribution in [3.8, 4) is 0 Å². The molecule has 0 saturated heterocycles. The van der Waals surface area contributed by atoms with Crippen molar-refractivity contribution >= 4 is 41.0 Å². The van der Waals surface area contributed by atoms with Crippen molar-refractivity contribution in [1.82, 2.24) is 10.2 Å². The molecule has 1 atom stereocenters. The number of thiocarbonyl (C=S) groups is 1. The summed E-state index contributed by atoms with van der Waals surface area (Å²) in [6.07, 6.45) is 3.02. The Balaban J connectivity index is 1.79. The van der Waals surface area contributed by atoms with Crippen molar-refractivity contribution < 1.29 is 14.3 Å². The average Bonchev–Trinajstić information content (AvgIpc) is 2.78. The van der Waals surface area contributed by atoms with Crippen LogP contribution in [0.15, 0.2) is 71.9 Å². The quantitative estimate of drug-likeness (QED) is 0.349. The van der Waals surface area contributed by atoms with Crippen molar-refractivity contribution in [2.24, 2.45) is 0 Å². The zero-order valence-corrected chi connectivity index (χ0v) is 20.1. The summed E-state index contributed by atoms with van der Waals surface area (Å²) in [7, 11) is 0. The van der Waals surface area contributed by atoms with Crippen LogP contribution in [-0.2, 0) is 14.3 Å². The molecule has 33 heavy (non-hydrogen) atoms. The second kappa shape index (κ2) is 10.9. The van der Waals surface area contributed by atoms with Crippen molar-refractivity contribution in [3.05, 3.63) is 83.1 Å². The number of hydrogen-bond donors (Lipinski definition) is 2. The number of rotatable bonds is 7. The summed E-state index contributed by atoms with van der Waals surface area (Å²) in [5.41, 5.74) is 3.76.